The zero-order valence-electron chi connectivity index (χ0n) is 17.7. The number of nitrogens with two attached hydrogens (primary N) is 1. The summed E-state index contributed by atoms with van der Waals surface area (Å²) in [7, 11) is 1.33. The van der Waals surface area contributed by atoms with E-state index in [1.54, 1.807) is 17.8 Å². The number of rotatable bonds is 11. The van der Waals surface area contributed by atoms with Crippen molar-refractivity contribution in [1.29, 1.82) is 0 Å². The normalized spacial score (nSPS) is 12.3. The fourth-order valence-electron chi connectivity index (χ4n) is 2.89. The Balaban J connectivity index is 0.00000480. The van der Waals surface area contributed by atoms with Gasteiger partial charge < -0.3 is 21.1 Å². The predicted octanol–water partition coefficient (Wildman–Crippen LogP) is 3.47. The fourth-order valence-corrected chi connectivity index (χ4v) is 3.49. The number of thiol groups is 1. The molecule has 2 aromatic rings. The molecule has 0 fully saturated rings. The van der Waals surface area contributed by atoms with Gasteiger partial charge in [0.05, 0.1) is 7.11 Å². The van der Waals surface area contributed by atoms with Crippen LogP contribution in [0.2, 0.25) is 0 Å². The van der Waals surface area contributed by atoms with Crippen LogP contribution in [0.4, 0.5) is 5.69 Å². The molecule has 0 spiro atoms. The van der Waals surface area contributed by atoms with Gasteiger partial charge in [0.25, 0.3) is 5.91 Å². The van der Waals surface area contributed by atoms with Crippen LogP contribution in [0, 0.1) is 0 Å². The van der Waals surface area contributed by atoms with Crippen molar-refractivity contribution in [2.24, 2.45) is 5.73 Å². The Morgan fingerprint density at radius 3 is 2.52 bits per heavy atom. The van der Waals surface area contributed by atoms with Crippen LogP contribution in [0.3, 0.4) is 0 Å². The van der Waals surface area contributed by atoms with E-state index >= 15 is 0 Å². The lowest BCUT2D eigenvalue weighted by Crippen LogP contribution is -2.42. The van der Waals surface area contributed by atoms with Crippen molar-refractivity contribution in [2.75, 3.05) is 36.7 Å². The molecular formula is C22H30ClN3O3S2. The maximum atomic E-state index is 13.1. The number of hydrogen-bond acceptors (Lipinski definition) is 7. The van der Waals surface area contributed by atoms with E-state index in [0.29, 0.717) is 24.3 Å². The number of hydrogen-bond donors (Lipinski definition) is 4. The first-order valence-corrected chi connectivity index (χ1v) is 11.7. The highest BCUT2D eigenvalue weighted by Gasteiger charge is 2.23. The second-order valence-corrected chi connectivity index (χ2v) is 8.13. The molecule has 0 radical (unpaired) electrons. The third-order valence-electron chi connectivity index (χ3n) is 4.55. The Labute approximate surface area is 199 Å². The van der Waals surface area contributed by atoms with Crippen LogP contribution in [0.15, 0.2) is 48.5 Å². The van der Waals surface area contributed by atoms with Crippen LogP contribution in [-0.2, 0) is 9.53 Å². The number of halogens is 1. The Hall–Kier alpha value is -1.87. The first kappa shape index (κ1) is 27.2. The van der Waals surface area contributed by atoms with E-state index in [4.69, 9.17) is 10.5 Å². The van der Waals surface area contributed by atoms with Gasteiger partial charge in [-0.05, 0) is 47.8 Å². The first-order valence-electron chi connectivity index (χ1n) is 9.67. The average molecular weight is 484 g/mol. The summed E-state index contributed by atoms with van der Waals surface area (Å²) in [5.74, 6) is 0.547. The van der Waals surface area contributed by atoms with Gasteiger partial charge in [-0.1, -0.05) is 30.3 Å². The number of thioether (sulfide) groups is 1. The summed E-state index contributed by atoms with van der Waals surface area (Å²) in [6.07, 6.45) is 2.45. The van der Waals surface area contributed by atoms with E-state index in [2.05, 4.69) is 23.3 Å². The highest BCUT2D eigenvalue weighted by atomic mass is 35.5. The first-order chi connectivity index (χ1) is 14.5. The molecule has 2 aromatic carbocycles. The Kier molecular flexibility index (Phi) is 12.5. The number of esters is 1. The van der Waals surface area contributed by atoms with E-state index in [0.717, 1.165) is 22.6 Å². The molecule has 0 saturated carbocycles. The molecule has 6 nitrogen and oxygen atoms in total. The minimum atomic E-state index is -0.690. The standard InChI is InChI=1S/C22H29N3O3S2.ClH/c1-28-22(27)20(10-11-30-2)25-21(26)18-9-8-17(24-13-16(23)14-29)12-19(18)15-6-4-3-5-7-15;/h3-9,12,16,20,24,29H,10-11,13-14,23H2,1-2H3,(H,25,26);1H/t16-,20?;/m1./s1. The van der Waals surface area contributed by atoms with Crippen LogP contribution in [0.5, 0.6) is 0 Å². The molecule has 1 unspecified atom stereocenters. The lowest BCUT2D eigenvalue weighted by molar-refractivity contribution is -0.142. The summed E-state index contributed by atoms with van der Waals surface area (Å²) in [5.41, 5.74) is 8.96. The van der Waals surface area contributed by atoms with Crippen molar-refractivity contribution in [3.05, 3.63) is 54.1 Å². The third-order valence-corrected chi connectivity index (χ3v) is 5.67. The summed E-state index contributed by atoms with van der Waals surface area (Å²) in [6.45, 7) is 0.572. The summed E-state index contributed by atoms with van der Waals surface area (Å²) in [5, 5.41) is 6.12. The molecule has 0 bridgehead atoms. The molecule has 0 aliphatic carbocycles. The summed E-state index contributed by atoms with van der Waals surface area (Å²) >= 11 is 5.82. The van der Waals surface area contributed by atoms with Gasteiger partial charge in [-0.25, -0.2) is 4.79 Å². The minimum absolute atomic E-state index is 0. The number of methoxy groups -OCH3 is 1. The zero-order chi connectivity index (χ0) is 21.9. The predicted molar refractivity (Wildman–Crippen MR) is 136 cm³/mol. The molecule has 31 heavy (non-hydrogen) atoms. The number of amides is 1. The fraction of sp³-hybridized carbons (Fsp3) is 0.364. The molecule has 0 aromatic heterocycles. The highest BCUT2D eigenvalue weighted by molar-refractivity contribution is 7.98. The van der Waals surface area contributed by atoms with Gasteiger partial charge in [0.2, 0.25) is 0 Å². The van der Waals surface area contributed by atoms with Gasteiger partial charge in [0.1, 0.15) is 6.04 Å². The number of carbonyl (C=O) groups excluding carboxylic acids is 2. The highest BCUT2D eigenvalue weighted by Crippen LogP contribution is 2.27. The van der Waals surface area contributed by atoms with Crippen molar-refractivity contribution >= 4 is 54.4 Å². The minimum Gasteiger partial charge on any atom is -0.467 e. The van der Waals surface area contributed by atoms with E-state index in [1.807, 2.05) is 48.7 Å². The van der Waals surface area contributed by atoms with Crippen molar-refractivity contribution in [3.8, 4) is 11.1 Å². The second kappa shape index (κ2) is 14.2. The zero-order valence-corrected chi connectivity index (χ0v) is 20.2. The number of benzene rings is 2. The largest absolute Gasteiger partial charge is 0.467 e. The topological polar surface area (TPSA) is 93.4 Å². The average Bonchev–Trinajstić information content (AvgIpc) is 2.79. The lowest BCUT2D eigenvalue weighted by Gasteiger charge is -2.19. The van der Waals surface area contributed by atoms with Crippen molar-refractivity contribution in [2.45, 2.75) is 18.5 Å². The van der Waals surface area contributed by atoms with Crippen molar-refractivity contribution in [1.82, 2.24) is 5.32 Å². The number of anilines is 1. The molecule has 0 aliphatic heterocycles. The van der Waals surface area contributed by atoms with Crippen LogP contribution in [0.1, 0.15) is 16.8 Å². The van der Waals surface area contributed by atoms with Crippen LogP contribution in [-0.4, -0.2) is 55.4 Å². The van der Waals surface area contributed by atoms with Gasteiger partial charge in [-0.2, -0.15) is 24.4 Å². The van der Waals surface area contributed by atoms with Crippen molar-refractivity contribution < 1.29 is 14.3 Å². The maximum absolute atomic E-state index is 13.1. The summed E-state index contributed by atoms with van der Waals surface area (Å²) < 4.78 is 4.85. The number of carbonyl (C=O) groups is 2. The molecule has 1 amide bonds. The van der Waals surface area contributed by atoms with Crippen LogP contribution in [0.25, 0.3) is 11.1 Å². The van der Waals surface area contributed by atoms with Crippen LogP contribution >= 0.6 is 36.8 Å². The Bertz CT molecular complexity index is 840. The Morgan fingerprint density at radius 1 is 1.19 bits per heavy atom. The van der Waals surface area contributed by atoms with Gasteiger partial charge in [-0.3, -0.25) is 4.79 Å². The molecule has 2 atom stereocenters. The molecule has 0 aliphatic rings. The van der Waals surface area contributed by atoms with Gasteiger partial charge >= 0.3 is 5.97 Å². The SMILES string of the molecule is COC(=O)C(CCSC)NC(=O)c1ccc(NC[C@@H](N)CS)cc1-c1ccccc1.Cl. The van der Waals surface area contributed by atoms with Gasteiger partial charge in [0.15, 0.2) is 0 Å². The summed E-state index contributed by atoms with van der Waals surface area (Å²) in [4.78, 5) is 25.2. The van der Waals surface area contributed by atoms with Gasteiger partial charge in [0, 0.05) is 29.6 Å². The van der Waals surface area contributed by atoms with Gasteiger partial charge in [-0.15, -0.1) is 12.4 Å². The molecular weight excluding hydrogens is 454 g/mol. The van der Waals surface area contributed by atoms with Crippen molar-refractivity contribution in [3.63, 3.8) is 0 Å². The number of nitrogens with one attached hydrogen (secondary N) is 2. The molecule has 0 saturated heterocycles. The van der Waals surface area contributed by atoms with E-state index in [1.165, 1.54) is 7.11 Å². The maximum Gasteiger partial charge on any atom is 0.328 e. The van der Waals surface area contributed by atoms with E-state index < -0.39 is 12.0 Å². The Morgan fingerprint density at radius 2 is 1.90 bits per heavy atom. The summed E-state index contributed by atoms with van der Waals surface area (Å²) in [6, 6.07) is 14.4. The van der Waals surface area contributed by atoms with Crippen LogP contribution < -0.4 is 16.4 Å². The monoisotopic (exact) mass is 483 g/mol. The lowest BCUT2D eigenvalue weighted by atomic mass is 9.98. The smallest absolute Gasteiger partial charge is 0.328 e. The quantitative estimate of drug-likeness (QED) is 0.289. The molecule has 170 valence electrons. The molecule has 9 heteroatoms. The molecule has 4 N–H and O–H groups in total. The number of ether oxygens (including phenoxy) is 1. The molecule has 2 rings (SSSR count). The second-order valence-electron chi connectivity index (χ2n) is 6.78. The van der Waals surface area contributed by atoms with E-state index in [9.17, 15) is 9.59 Å². The van der Waals surface area contributed by atoms with E-state index in [-0.39, 0.29) is 24.4 Å². The molecule has 0 heterocycles. The third kappa shape index (κ3) is 8.29.